The lowest BCUT2D eigenvalue weighted by Gasteiger charge is -2.34. The topological polar surface area (TPSA) is 129 Å². The number of pyridine rings is 1. The number of anilines is 2. The van der Waals surface area contributed by atoms with Crippen molar-refractivity contribution in [2.24, 2.45) is 0 Å². The van der Waals surface area contributed by atoms with Crippen molar-refractivity contribution < 1.29 is 13.5 Å². The molecule has 4 aliphatic rings. The minimum atomic E-state index is -0.875. The molecule has 4 aromatic rings. The molecule has 2 bridgehead atoms. The Hall–Kier alpha value is -3.73. The highest BCUT2D eigenvalue weighted by Gasteiger charge is 2.49. The molecule has 43 heavy (non-hydrogen) atoms. The van der Waals surface area contributed by atoms with Crippen molar-refractivity contribution in [1.29, 1.82) is 5.26 Å². The predicted molar refractivity (Wildman–Crippen MR) is 160 cm³/mol. The Morgan fingerprint density at radius 2 is 1.95 bits per heavy atom. The summed E-state index contributed by atoms with van der Waals surface area (Å²) in [4.78, 5) is 23.5. The Morgan fingerprint density at radius 3 is 2.74 bits per heavy atom. The Morgan fingerprint density at radius 1 is 1.14 bits per heavy atom. The standard InChI is InChI=1S/C30H31F2N9OS/c1-15-22(19-5-6-21(32)26-24(19)37-28(34)43-26)20(10-33)23-25(35-15)27(40-12-17-3-4-18(13-40)36-17)39-29(38-23)42-14-30-7-2-8-41(30)11-16(31)9-30/h5-6,16-18,36H,2-4,7-9,11-14H2,1H3,(H2,34,37)/t16-,17?,18?,30?/m1/s1. The lowest BCUT2D eigenvalue weighted by Crippen LogP contribution is -2.51. The van der Waals surface area contributed by atoms with Gasteiger partial charge in [-0.1, -0.05) is 11.3 Å². The number of alkyl halides is 1. The largest absolute Gasteiger partial charge is 0.461 e. The Kier molecular flexibility index (Phi) is 6.19. The number of hydrogen-bond acceptors (Lipinski definition) is 11. The number of nitrogens with zero attached hydrogens (tertiary/aromatic N) is 7. The molecule has 8 rings (SSSR count). The number of fused-ring (bicyclic) bond motifs is 5. The third-order valence-corrected chi connectivity index (χ3v) is 10.5. The molecule has 0 aliphatic carbocycles. The van der Waals surface area contributed by atoms with Crippen LogP contribution in [0.4, 0.5) is 19.7 Å². The maximum atomic E-state index is 14.7. The number of benzene rings is 1. The molecule has 0 saturated carbocycles. The van der Waals surface area contributed by atoms with Crippen LogP contribution in [0.15, 0.2) is 12.1 Å². The first kappa shape index (κ1) is 26.9. The fraction of sp³-hybridized carbons (Fsp3) is 0.500. The summed E-state index contributed by atoms with van der Waals surface area (Å²) in [5.74, 6) is 0.205. The van der Waals surface area contributed by atoms with Crippen LogP contribution in [0, 0.1) is 24.1 Å². The van der Waals surface area contributed by atoms with Crippen LogP contribution >= 0.6 is 11.3 Å². The van der Waals surface area contributed by atoms with Crippen LogP contribution in [0.2, 0.25) is 0 Å². The smallest absolute Gasteiger partial charge is 0.319 e. The lowest BCUT2D eigenvalue weighted by molar-refractivity contribution is 0.107. The fourth-order valence-electron chi connectivity index (χ4n) is 7.76. The van der Waals surface area contributed by atoms with Gasteiger partial charge in [0.1, 0.15) is 35.7 Å². The summed E-state index contributed by atoms with van der Waals surface area (Å²) in [5.41, 5.74) is 8.84. The quantitative estimate of drug-likeness (QED) is 0.344. The van der Waals surface area contributed by atoms with E-state index in [4.69, 9.17) is 25.4 Å². The summed E-state index contributed by atoms with van der Waals surface area (Å²) in [5, 5.41) is 14.5. The first-order chi connectivity index (χ1) is 20.8. The minimum absolute atomic E-state index is 0.146. The summed E-state index contributed by atoms with van der Waals surface area (Å²) >= 11 is 1.07. The second-order valence-electron chi connectivity index (χ2n) is 12.3. The number of aryl methyl sites for hydroxylation is 1. The van der Waals surface area contributed by atoms with E-state index in [1.807, 2.05) is 6.92 Å². The van der Waals surface area contributed by atoms with Crippen LogP contribution in [-0.2, 0) is 0 Å². The van der Waals surface area contributed by atoms with E-state index >= 15 is 0 Å². The molecule has 4 saturated heterocycles. The van der Waals surface area contributed by atoms with Crippen LogP contribution in [0.5, 0.6) is 6.01 Å². The molecule has 1 aromatic carbocycles. The van der Waals surface area contributed by atoms with Gasteiger partial charge in [-0.3, -0.25) is 4.90 Å². The van der Waals surface area contributed by atoms with E-state index in [0.717, 1.165) is 56.7 Å². The number of nitriles is 1. The van der Waals surface area contributed by atoms with Crippen LogP contribution in [0.3, 0.4) is 0 Å². The number of hydrogen-bond donors (Lipinski definition) is 2. The van der Waals surface area contributed by atoms with E-state index in [2.05, 4.69) is 26.2 Å². The number of nitrogen functional groups attached to an aromatic ring is 1. The number of nitrogens with one attached hydrogen (secondary N) is 1. The van der Waals surface area contributed by atoms with Crippen molar-refractivity contribution in [3.63, 3.8) is 0 Å². The van der Waals surface area contributed by atoms with E-state index < -0.39 is 12.0 Å². The van der Waals surface area contributed by atoms with Crippen LogP contribution in [0.25, 0.3) is 32.4 Å². The normalized spacial score (nSPS) is 26.8. The highest BCUT2D eigenvalue weighted by Crippen LogP contribution is 2.42. The second-order valence-corrected chi connectivity index (χ2v) is 13.3. The zero-order chi connectivity index (χ0) is 29.5. The first-order valence-electron chi connectivity index (χ1n) is 14.8. The molecule has 10 nitrogen and oxygen atoms in total. The van der Waals surface area contributed by atoms with Gasteiger partial charge in [0.05, 0.1) is 21.3 Å². The van der Waals surface area contributed by atoms with Gasteiger partial charge in [-0.15, -0.1) is 0 Å². The Bertz CT molecular complexity index is 1810. The number of ether oxygens (including phenoxy) is 1. The van der Waals surface area contributed by atoms with Crippen molar-refractivity contribution in [2.45, 2.75) is 62.8 Å². The van der Waals surface area contributed by atoms with Gasteiger partial charge in [0.25, 0.3) is 0 Å². The molecule has 3 N–H and O–H groups in total. The average molecular weight is 604 g/mol. The monoisotopic (exact) mass is 603 g/mol. The van der Waals surface area contributed by atoms with E-state index in [0.29, 0.717) is 74.5 Å². The molecule has 3 unspecified atom stereocenters. The Labute approximate surface area is 250 Å². The molecule has 4 atom stereocenters. The van der Waals surface area contributed by atoms with Crippen molar-refractivity contribution in [3.05, 3.63) is 29.2 Å². The van der Waals surface area contributed by atoms with E-state index in [1.54, 1.807) is 6.07 Å². The van der Waals surface area contributed by atoms with Gasteiger partial charge in [0, 0.05) is 55.0 Å². The SMILES string of the molecule is Cc1nc2c(N3CC4CCC(C3)N4)nc(OCC34CCCN3C[C@H](F)C4)nc2c(C#N)c1-c1ccc(F)c2sc(N)nc12. The van der Waals surface area contributed by atoms with Crippen molar-refractivity contribution in [1.82, 2.24) is 30.2 Å². The van der Waals surface area contributed by atoms with Crippen molar-refractivity contribution >= 4 is 43.5 Å². The molecule has 3 aromatic heterocycles. The summed E-state index contributed by atoms with van der Waals surface area (Å²) < 4.78 is 35.8. The van der Waals surface area contributed by atoms with Gasteiger partial charge in [0.2, 0.25) is 0 Å². The highest BCUT2D eigenvalue weighted by atomic mass is 32.1. The van der Waals surface area contributed by atoms with E-state index in [1.165, 1.54) is 6.07 Å². The first-order valence-corrected chi connectivity index (χ1v) is 15.6. The third kappa shape index (κ3) is 4.29. The molecule has 4 fully saturated rings. The number of thiazole rings is 1. The molecule has 0 spiro atoms. The number of nitrogens with two attached hydrogens (primary N) is 1. The van der Waals surface area contributed by atoms with Crippen molar-refractivity contribution in [2.75, 3.05) is 43.4 Å². The van der Waals surface area contributed by atoms with Crippen molar-refractivity contribution in [3.8, 4) is 23.2 Å². The summed E-state index contributed by atoms with van der Waals surface area (Å²) in [6, 6.07) is 6.18. The van der Waals surface area contributed by atoms with Crippen LogP contribution in [0.1, 0.15) is 43.4 Å². The van der Waals surface area contributed by atoms with Gasteiger partial charge < -0.3 is 20.7 Å². The lowest BCUT2D eigenvalue weighted by atomic mass is 9.95. The number of rotatable bonds is 5. The summed E-state index contributed by atoms with van der Waals surface area (Å²) in [6.45, 7) is 4.90. The molecular formula is C30H31F2N9OS. The van der Waals surface area contributed by atoms with Gasteiger partial charge in [-0.05, 0) is 51.3 Å². The molecule has 0 radical (unpaired) electrons. The van der Waals surface area contributed by atoms with E-state index in [9.17, 15) is 14.0 Å². The van der Waals surface area contributed by atoms with E-state index in [-0.39, 0.29) is 23.3 Å². The van der Waals surface area contributed by atoms with Gasteiger partial charge in [-0.2, -0.15) is 15.2 Å². The van der Waals surface area contributed by atoms with Gasteiger partial charge in [-0.25, -0.2) is 18.7 Å². The van der Waals surface area contributed by atoms with Crippen LogP contribution in [-0.4, -0.2) is 81.4 Å². The fourth-order valence-corrected chi connectivity index (χ4v) is 8.52. The number of aromatic nitrogens is 4. The second kappa shape index (κ2) is 9.90. The van der Waals surface area contributed by atoms with Gasteiger partial charge >= 0.3 is 6.01 Å². The summed E-state index contributed by atoms with van der Waals surface area (Å²) in [7, 11) is 0. The number of halogens is 2. The molecule has 7 heterocycles. The highest BCUT2D eigenvalue weighted by molar-refractivity contribution is 7.22. The maximum Gasteiger partial charge on any atom is 0.319 e. The minimum Gasteiger partial charge on any atom is -0.461 e. The zero-order valence-electron chi connectivity index (χ0n) is 23.7. The zero-order valence-corrected chi connectivity index (χ0v) is 24.6. The van der Waals surface area contributed by atoms with Crippen LogP contribution < -0.4 is 20.7 Å². The molecule has 13 heteroatoms. The predicted octanol–water partition coefficient (Wildman–Crippen LogP) is 4.10. The van der Waals surface area contributed by atoms with Gasteiger partial charge in [0.15, 0.2) is 10.9 Å². The number of piperazine rings is 1. The molecule has 222 valence electrons. The summed E-state index contributed by atoms with van der Waals surface area (Å²) in [6.07, 6.45) is 3.60. The molecule has 0 amide bonds. The average Bonchev–Trinajstić information content (AvgIpc) is 3.73. The Balaban J connectivity index is 1.29. The molecular weight excluding hydrogens is 572 g/mol. The third-order valence-electron chi connectivity index (χ3n) is 9.61. The maximum absolute atomic E-state index is 14.7. The molecule has 4 aliphatic heterocycles.